The van der Waals surface area contributed by atoms with Crippen LogP contribution in [0.1, 0.15) is 21.9 Å². The van der Waals surface area contributed by atoms with Gasteiger partial charge in [-0.25, -0.2) is 8.42 Å². The Morgan fingerprint density at radius 2 is 1.56 bits per heavy atom. The number of carbonyl (C=O) groups is 1. The number of sulfonamides is 1. The number of nitrogens with one attached hydrogen (secondary N) is 2. The van der Waals surface area contributed by atoms with Crippen molar-refractivity contribution in [3.63, 3.8) is 0 Å². The molecule has 0 aliphatic rings. The fourth-order valence-corrected chi connectivity index (χ4v) is 6.36. The Labute approximate surface area is 208 Å². The highest BCUT2D eigenvalue weighted by atomic mass is 32.2. The fourth-order valence-electron chi connectivity index (χ4n) is 3.29. The van der Waals surface area contributed by atoms with Gasteiger partial charge in [0.15, 0.2) is 0 Å². The summed E-state index contributed by atoms with van der Waals surface area (Å²) in [5.74, 6) is -0.123. The third-order valence-electron chi connectivity index (χ3n) is 5.24. The fraction of sp³-hybridized carbons (Fsp3) is 0.115. The number of hydrogen-bond donors (Lipinski definition) is 2. The lowest BCUT2D eigenvalue weighted by molar-refractivity contribution is -0.115. The Balaban J connectivity index is 1.52. The van der Waals surface area contributed by atoms with Crippen molar-refractivity contribution < 1.29 is 13.2 Å². The molecule has 4 rings (SSSR count). The summed E-state index contributed by atoms with van der Waals surface area (Å²) in [6, 6.07) is 25.8. The molecular formula is C26H24N2O3S3. The van der Waals surface area contributed by atoms with Crippen molar-refractivity contribution in [2.24, 2.45) is 0 Å². The van der Waals surface area contributed by atoms with Crippen LogP contribution in [-0.2, 0) is 14.8 Å². The van der Waals surface area contributed by atoms with Gasteiger partial charge in [0, 0.05) is 16.3 Å². The molecular weight excluding hydrogens is 484 g/mol. The molecule has 0 saturated carbocycles. The molecule has 0 aliphatic heterocycles. The van der Waals surface area contributed by atoms with Crippen LogP contribution in [0.15, 0.2) is 99.4 Å². The molecule has 1 atom stereocenters. The highest BCUT2D eigenvalue weighted by Crippen LogP contribution is 2.37. The number of rotatable bonds is 8. The van der Waals surface area contributed by atoms with E-state index in [0.29, 0.717) is 5.69 Å². The largest absolute Gasteiger partial charge is 0.325 e. The van der Waals surface area contributed by atoms with E-state index in [1.807, 2.05) is 74.5 Å². The van der Waals surface area contributed by atoms with Crippen molar-refractivity contribution in [1.29, 1.82) is 0 Å². The Kier molecular flexibility index (Phi) is 7.41. The van der Waals surface area contributed by atoms with Gasteiger partial charge in [-0.3, -0.25) is 9.52 Å². The van der Waals surface area contributed by atoms with Crippen LogP contribution in [0, 0.1) is 13.8 Å². The van der Waals surface area contributed by atoms with Gasteiger partial charge in [-0.15, -0.1) is 23.1 Å². The van der Waals surface area contributed by atoms with E-state index >= 15 is 0 Å². The number of amides is 1. The number of benzene rings is 3. The number of carbonyl (C=O) groups excluding carboxylic acids is 1. The van der Waals surface area contributed by atoms with Gasteiger partial charge in [0.2, 0.25) is 5.91 Å². The van der Waals surface area contributed by atoms with Gasteiger partial charge in [0.05, 0.1) is 0 Å². The summed E-state index contributed by atoms with van der Waals surface area (Å²) in [5, 5.41) is 4.28. The van der Waals surface area contributed by atoms with E-state index in [1.165, 1.54) is 17.3 Å². The Morgan fingerprint density at radius 1 is 0.853 bits per heavy atom. The topological polar surface area (TPSA) is 75.3 Å². The number of thioether (sulfide) groups is 1. The molecule has 2 N–H and O–H groups in total. The van der Waals surface area contributed by atoms with Crippen molar-refractivity contribution >= 4 is 50.4 Å². The van der Waals surface area contributed by atoms with Gasteiger partial charge in [-0.05, 0) is 78.4 Å². The molecule has 1 amide bonds. The summed E-state index contributed by atoms with van der Waals surface area (Å²) in [7, 11) is -3.61. The Bertz CT molecular complexity index is 1370. The van der Waals surface area contributed by atoms with Crippen LogP contribution >= 0.6 is 23.1 Å². The molecule has 1 heterocycles. The van der Waals surface area contributed by atoms with Crippen molar-refractivity contribution in [1.82, 2.24) is 0 Å². The molecule has 8 heteroatoms. The maximum atomic E-state index is 13.3. The van der Waals surface area contributed by atoms with Crippen molar-refractivity contribution in [2.45, 2.75) is 28.2 Å². The summed E-state index contributed by atoms with van der Waals surface area (Å²) < 4.78 is 27.8. The van der Waals surface area contributed by atoms with Crippen molar-refractivity contribution in [2.75, 3.05) is 10.0 Å². The SMILES string of the molecule is Cc1ccc(NC(=O)C(Sc2ccc(NS(=O)(=O)c3cccs3)cc2)c2ccccc2)cc1C. The average Bonchev–Trinajstić information content (AvgIpc) is 3.37. The number of aryl methyl sites for hydroxylation is 2. The molecule has 0 bridgehead atoms. The second-order valence-corrected chi connectivity index (χ2v) is 11.8. The predicted molar refractivity (Wildman–Crippen MR) is 141 cm³/mol. The lowest BCUT2D eigenvalue weighted by Crippen LogP contribution is -2.19. The van der Waals surface area contributed by atoms with Crippen molar-refractivity contribution in [3.05, 3.63) is 107 Å². The first-order valence-electron chi connectivity index (χ1n) is 10.6. The molecule has 4 aromatic rings. The van der Waals surface area contributed by atoms with Crippen LogP contribution in [0.4, 0.5) is 11.4 Å². The van der Waals surface area contributed by atoms with Crippen LogP contribution < -0.4 is 10.0 Å². The molecule has 0 radical (unpaired) electrons. The zero-order valence-corrected chi connectivity index (χ0v) is 21.1. The molecule has 0 aliphatic carbocycles. The molecule has 1 unspecified atom stereocenters. The average molecular weight is 509 g/mol. The summed E-state index contributed by atoms with van der Waals surface area (Å²) >= 11 is 2.58. The summed E-state index contributed by atoms with van der Waals surface area (Å²) in [4.78, 5) is 14.1. The second-order valence-electron chi connectivity index (χ2n) is 7.76. The van der Waals surface area contributed by atoms with Crippen LogP contribution in [0.2, 0.25) is 0 Å². The Morgan fingerprint density at radius 3 is 2.21 bits per heavy atom. The predicted octanol–water partition coefficient (Wildman–Crippen LogP) is 6.64. The third-order valence-corrected chi connectivity index (χ3v) is 9.28. The van der Waals surface area contributed by atoms with Crippen molar-refractivity contribution in [3.8, 4) is 0 Å². The lowest BCUT2D eigenvalue weighted by atomic mass is 10.1. The molecule has 1 aromatic heterocycles. The van der Waals surface area contributed by atoms with Crippen LogP contribution in [0.25, 0.3) is 0 Å². The van der Waals surface area contributed by atoms with E-state index < -0.39 is 15.3 Å². The molecule has 5 nitrogen and oxygen atoms in total. The van der Waals surface area contributed by atoms with Crippen LogP contribution in [0.5, 0.6) is 0 Å². The minimum atomic E-state index is -3.61. The monoisotopic (exact) mass is 508 g/mol. The highest BCUT2D eigenvalue weighted by molar-refractivity contribution is 8.00. The summed E-state index contributed by atoms with van der Waals surface area (Å²) in [5.41, 5.74) is 4.39. The third kappa shape index (κ3) is 5.88. The first-order valence-corrected chi connectivity index (χ1v) is 13.8. The Hall–Kier alpha value is -3.07. The molecule has 0 saturated heterocycles. The van der Waals surface area contributed by atoms with Gasteiger partial charge >= 0.3 is 0 Å². The maximum Gasteiger partial charge on any atom is 0.271 e. The first kappa shape index (κ1) is 24.1. The van der Waals surface area contributed by atoms with Gasteiger partial charge in [-0.2, -0.15) is 0 Å². The number of thiophene rings is 1. The van der Waals surface area contributed by atoms with E-state index in [9.17, 15) is 13.2 Å². The standard InChI is InChI=1S/C26H24N2O3S3/c1-18-10-11-22(17-19(18)2)27-26(29)25(20-7-4-3-5-8-20)33-23-14-12-21(13-15-23)28-34(30,31)24-9-6-16-32-24/h3-17,25,28H,1-2H3,(H,27,29). The normalized spacial score (nSPS) is 12.2. The van der Waals surface area contributed by atoms with Gasteiger partial charge in [0.25, 0.3) is 10.0 Å². The quantitative estimate of drug-likeness (QED) is 0.262. The second kappa shape index (κ2) is 10.5. The van der Waals surface area contributed by atoms with E-state index in [-0.39, 0.29) is 10.1 Å². The maximum absolute atomic E-state index is 13.3. The van der Waals surface area contributed by atoms with E-state index in [0.717, 1.165) is 33.0 Å². The molecule has 0 fully saturated rings. The van der Waals surface area contributed by atoms with Crippen LogP contribution in [0.3, 0.4) is 0 Å². The molecule has 0 spiro atoms. The van der Waals surface area contributed by atoms with E-state index in [4.69, 9.17) is 0 Å². The molecule has 3 aromatic carbocycles. The molecule has 174 valence electrons. The van der Waals surface area contributed by atoms with Gasteiger partial charge < -0.3 is 5.32 Å². The zero-order chi connectivity index (χ0) is 24.1. The van der Waals surface area contributed by atoms with Gasteiger partial charge in [0.1, 0.15) is 9.46 Å². The minimum Gasteiger partial charge on any atom is -0.325 e. The van der Waals surface area contributed by atoms with E-state index in [2.05, 4.69) is 10.0 Å². The zero-order valence-electron chi connectivity index (χ0n) is 18.7. The minimum absolute atomic E-state index is 0.123. The lowest BCUT2D eigenvalue weighted by Gasteiger charge is -2.18. The summed E-state index contributed by atoms with van der Waals surface area (Å²) in [6.45, 7) is 4.05. The van der Waals surface area contributed by atoms with Gasteiger partial charge in [-0.1, -0.05) is 42.5 Å². The summed E-state index contributed by atoms with van der Waals surface area (Å²) in [6.07, 6.45) is 0. The number of anilines is 2. The smallest absolute Gasteiger partial charge is 0.271 e. The molecule has 34 heavy (non-hydrogen) atoms. The highest BCUT2D eigenvalue weighted by Gasteiger charge is 2.23. The van der Waals surface area contributed by atoms with Crippen LogP contribution in [-0.4, -0.2) is 14.3 Å². The van der Waals surface area contributed by atoms with E-state index in [1.54, 1.807) is 29.6 Å². The first-order chi connectivity index (χ1) is 16.3. The number of hydrogen-bond acceptors (Lipinski definition) is 5.